The molecule has 1 aromatic rings. The third-order valence-electron chi connectivity index (χ3n) is 4.53. The summed E-state index contributed by atoms with van der Waals surface area (Å²) in [6.45, 7) is 0. The number of halogens is 1. The Hall–Kier alpha value is -1.31. The van der Waals surface area contributed by atoms with Gasteiger partial charge in [0.1, 0.15) is 5.82 Å². The number of allylic oxidation sites excluding steroid dienone is 1. The van der Waals surface area contributed by atoms with Gasteiger partial charge in [-0.05, 0) is 62.4 Å². The largest absolute Gasteiger partial charge is 0.388 e. The Kier molecular flexibility index (Phi) is 8.08. The summed E-state index contributed by atoms with van der Waals surface area (Å²) >= 11 is 0. The van der Waals surface area contributed by atoms with Crippen LogP contribution in [0.2, 0.25) is 0 Å². The lowest BCUT2D eigenvalue weighted by molar-refractivity contribution is 0.404. The molecule has 0 unspecified atom stereocenters. The van der Waals surface area contributed by atoms with Crippen LogP contribution in [-0.2, 0) is 6.42 Å². The summed E-state index contributed by atoms with van der Waals surface area (Å²) in [7, 11) is 0. The number of aryl methyl sites for hydroxylation is 1. The zero-order valence-electron chi connectivity index (χ0n) is 13.7. The SMILES string of the molecule is Fc1cccc(CCCCCC/C=C/NC2CCCCC2)c1. The molecule has 2 heteroatoms. The van der Waals surface area contributed by atoms with Crippen LogP contribution >= 0.6 is 0 Å². The zero-order valence-corrected chi connectivity index (χ0v) is 13.7. The molecule has 1 aliphatic carbocycles. The molecule has 122 valence electrons. The van der Waals surface area contributed by atoms with Crippen molar-refractivity contribution in [1.29, 1.82) is 0 Å². The highest BCUT2D eigenvalue weighted by Crippen LogP contribution is 2.17. The van der Waals surface area contributed by atoms with Crippen molar-refractivity contribution in [2.24, 2.45) is 0 Å². The lowest BCUT2D eigenvalue weighted by Gasteiger charge is -2.21. The van der Waals surface area contributed by atoms with E-state index in [1.807, 2.05) is 6.07 Å². The van der Waals surface area contributed by atoms with Gasteiger partial charge in [0.05, 0.1) is 0 Å². The Morgan fingerprint density at radius 2 is 1.86 bits per heavy atom. The van der Waals surface area contributed by atoms with E-state index in [0.29, 0.717) is 0 Å². The van der Waals surface area contributed by atoms with Gasteiger partial charge >= 0.3 is 0 Å². The molecule has 2 rings (SSSR count). The lowest BCUT2D eigenvalue weighted by atomic mass is 9.96. The van der Waals surface area contributed by atoms with E-state index < -0.39 is 0 Å². The first-order chi connectivity index (χ1) is 10.8. The summed E-state index contributed by atoms with van der Waals surface area (Å²) in [4.78, 5) is 0. The lowest BCUT2D eigenvalue weighted by Crippen LogP contribution is -2.26. The van der Waals surface area contributed by atoms with Crippen LogP contribution in [0.15, 0.2) is 36.5 Å². The molecule has 1 N–H and O–H groups in total. The summed E-state index contributed by atoms with van der Waals surface area (Å²) in [5, 5.41) is 3.53. The van der Waals surface area contributed by atoms with Crippen molar-refractivity contribution >= 4 is 0 Å². The Morgan fingerprint density at radius 3 is 2.68 bits per heavy atom. The molecule has 1 fully saturated rings. The highest BCUT2D eigenvalue weighted by molar-refractivity contribution is 5.16. The van der Waals surface area contributed by atoms with E-state index in [1.54, 1.807) is 12.1 Å². The molecule has 1 saturated carbocycles. The van der Waals surface area contributed by atoms with Gasteiger partial charge in [-0.15, -0.1) is 0 Å². The molecule has 0 atom stereocenters. The van der Waals surface area contributed by atoms with Gasteiger partial charge in [-0.2, -0.15) is 0 Å². The summed E-state index contributed by atoms with van der Waals surface area (Å²) in [5.41, 5.74) is 1.12. The number of hydrogen-bond donors (Lipinski definition) is 1. The van der Waals surface area contributed by atoms with E-state index in [-0.39, 0.29) is 5.82 Å². The molecular weight excluding hydrogens is 273 g/mol. The quantitative estimate of drug-likeness (QED) is 0.572. The number of benzene rings is 1. The van der Waals surface area contributed by atoms with Crippen LogP contribution in [0.1, 0.15) is 69.8 Å². The van der Waals surface area contributed by atoms with Crippen molar-refractivity contribution in [2.75, 3.05) is 0 Å². The molecule has 0 aliphatic heterocycles. The molecule has 1 nitrogen and oxygen atoms in total. The van der Waals surface area contributed by atoms with Crippen molar-refractivity contribution < 1.29 is 4.39 Å². The molecular formula is C20H30FN. The van der Waals surface area contributed by atoms with Gasteiger partial charge in [0.25, 0.3) is 0 Å². The van der Waals surface area contributed by atoms with Gasteiger partial charge in [-0.3, -0.25) is 0 Å². The molecule has 0 radical (unpaired) electrons. The molecule has 0 amide bonds. The fraction of sp³-hybridized carbons (Fsp3) is 0.600. The first-order valence-electron chi connectivity index (χ1n) is 9.00. The van der Waals surface area contributed by atoms with E-state index in [9.17, 15) is 4.39 Å². The van der Waals surface area contributed by atoms with Crippen LogP contribution in [0, 0.1) is 5.82 Å². The maximum absolute atomic E-state index is 13.0. The standard InChI is InChI=1S/C20H30FN/c21-19-13-10-12-18(17-19)11-6-3-1-2-4-9-16-22-20-14-7-5-8-15-20/h9-10,12-13,16-17,20,22H,1-8,11,14-15H2/b16-9+. The van der Waals surface area contributed by atoms with Gasteiger partial charge in [0, 0.05) is 6.04 Å². The average Bonchev–Trinajstić information content (AvgIpc) is 2.54. The van der Waals surface area contributed by atoms with E-state index in [1.165, 1.54) is 63.9 Å². The van der Waals surface area contributed by atoms with Crippen molar-refractivity contribution in [3.63, 3.8) is 0 Å². The minimum absolute atomic E-state index is 0.117. The van der Waals surface area contributed by atoms with E-state index in [2.05, 4.69) is 17.6 Å². The fourth-order valence-corrected chi connectivity index (χ4v) is 3.19. The fourth-order valence-electron chi connectivity index (χ4n) is 3.19. The Morgan fingerprint density at radius 1 is 1.05 bits per heavy atom. The zero-order chi connectivity index (χ0) is 15.5. The Balaban J connectivity index is 1.44. The van der Waals surface area contributed by atoms with Crippen molar-refractivity contribution in [1.82, 2.24) is 5.32 Å². The van der Waals surface area contributed by atoms with Crippen LogP contribution in [0.25, 0.3) is 0 Å². The minimum Gasteiger partial charge on any atom is -0.388 e. The van der Waals surface area contributed by atoms with Crippen LogP contribution in [0.5, 0.6) is 0 Å². The van der Waals surface area contributed by atoms with Crippen molar-refractivity contribution in [3.05, 3.63) is 47.9 Å². The van der Waals surface area contributed by atoms with E-state index >= 15 is 0 Å². The molecule has 22 heavy (non-hydrogen) atoms. The third kappa shape index (κ3) is 7.11. The Bertz CT molecular complexity index is 435. The maximum atomic E-state index is 13.0. The van der Waals surface area contributed by atoms with Gasteiger partial charge < -0.3 is 5.32 Å². The predicted octanol–water partition coefficient (Wildman–Crippen LogP) is 5.75. The first-order valence-corrected chi connectivity index (χ1v) is 9.00. The smallest absolute Gasteiger partial charge is 0.123 e. The van der Waals surface area contributed by atoms with Crippen LogP contribution in [-0.4, -0.2) is 6.04 Å². The number of nitrogens with one attached hydrogen (secondary N) is 1. The monoisotopic (exact) mass is 303 g/mol. The Labute approximate surface area is 135 Å². The van der Waals surface area contributed by atoms with Gasteiger partial charge in [-0.1, -0.05) is 50.3 Å². The van der Waals surface area contributed by atoms with E-state index in [4.69, 9.17) is 0 Å². The molecule has 0 aromatic heterocycles. The van der Waals surface area contributed by atoms with Gasteiger partial charge in [0.15, 0.2) is 0 Å². The second-order valence-electron chi connectivity index (χ2n) is 6.49. The van der Waals surface area contributed by atoms with Crippen molar-refractivity contribution in [3.8, 4) is 0 Å². The normalized spacial score (nSPS) is 16.2. The number of hydrogen-bond acceptors (Lipinski definition) is 1. The molecule has 0 saturated heterocycles. The third-order valence-corrected chi connectivity index (χ3v) is 4.53. The molecule has 0 heterocycles. The van der Waals surface area contributed by atoms with Gasteiger partial charge in [0.2, 0.25) is 0 Å². The highest BCUT2D eigenvalue weighted by Gasteiger charge is 2.10. The van der Waals surface area contributed by atoms with Crippen molar-refractivity contribution in [2.45, 2.75) is 76.7 Å². The second kappa shape index (κ2) is 10.4. The van der Waals surface area contributed by atoms with Crippen LogP contribution in [0.4, 0.5) is 4.39 Å². The second-order valence-corrected chi connectivity index (χ2v) is 6.49. The van der Waals surface area contributed by atoms with Crippen LogP contribution < -0.4 is 5.32 Å². The average molecular weight is 303 g/mol. The van der Waals surface area contributed by atoms with Crippen LogP contribution in [0.3, 0.4) is 0 Å². The molecule has 1 aromatic carbocycles. The summed E-state index contributed by atoms with van der Waals surface area (Å²) < 4.78 is 13.0. The number of rotatable bonds is 9. The summed E-state index contributed by atoms with van der Waals surface area (Å²) in [6.07, 6.45) is 18.4. The van der Waals surface area contributed by atoms with E-state index in [0.717, 1.165) is 24.4 Å². The highest BCUT2D eigenvalue weighted by atomic mass is 19.1. The number of unbranched alkanes of at least 4 members (excludes halogenated alkanes) is 4. The molecule has 0 spiro atoms. The maximum Gasteiger partial charge on any atom is 0.123 e. The minimum atomic E-state index is -0.117. The molecule has 0 bridgehead atoms. The van der Waals surface area contributed by atoms with Gasteiger partial charge in [-0.25, -0.2) is 4.39 Å². The first kappa shape index (κ1) is 17.1. The topological polar surface area (TPSA) is 12.0 Å². The molecule has 1 aliphatic rings. The predicted molar refractivity (Wildman–Crippen MR) is 92.3 cm³/mol. The summed E-state index contributed by atoms with van der Waals surface area (Å²) in [5.74, 6) is -0.117. The summed E-state index contributed by atoms with van der Waals surface area (Å²) in [6, 6.07) is 7.70.